The van der Waals surface area contributed by atoms with Crippen LogP contribution in [0.5, 0.6) is 11.5 Å². The molecule has 0 fully saturated rings. The predicted octanol–water partition coefficient (Wildman–Crippen LogP) is 5.36. The topological polar surface area (TPSA) is 30.5 Å². The molecule has 0 aromatic heterocycles. The fourth-order valence-corrected chi connectivity index (χ4v) is 3.17. The lowest BCUT2D eigenvalue weighted by Crippen LogP contribution is -2.26. The van der Waals surface area contributed by atoms with Gasteiger partial charge in [-0.15, -0.1) is 0 Å². The van der Waals surface area contributed by atoms with Crippen LogP contribution in [0.3, 0.4) is 0 Å². The summed E-state index contributed by atoms with van der Waals surface area (Å²) in [4.78, 5) is 0. The zero-order chi connectivity index (χ0) is 18.1. The first-order chi connectivity index (χ1) is 12.1. The van der Waals surface area contributed by atoms with E-state index in [0.717, 1.165) is 47.3 Å². The Morgan fingerprint density at radius 2 is 1.92 bits per heavy atom. The van der Waals surface area contributed by atoms with E-state index >= 15 is 0 Å². The van der Waals surface area contributed by atoms with Crippen LogP contribution in [0.2, 0.25) is 0 Å². The van der Waals surface area contributed by atoms with Crippen molar-refractivity contribution in [2.24, 2.45) is 0 Å². The monoisotopic (exact) mass is 405 g/mol. The molecule has 0 aliphatic carbocycles. The summed E-state index contributed by atoms with van der Waals surface area (Å²) in [6, 6.07) is 15.1. The molecule has 1 atom stereocenters. The average molecular weight is 406 g/mol. The van der Waals surface area contributed by atoms with Gasteiger partial charge in [0.1, 0.15) is 0 Å². The average Bonchev–Trinajstić information content (AvgIpc) is 2.64. The highest BCUT2D eigenvalue weighted by atomic mass is 79.9. The SMILES string of the molecule is CCCOc1c(CNC(C)CCc2ccccc2)cc(Br)cc1OC. The van der Waals surface area contributed by atoms with Gasteiger partial charge in [0.15, 0.2) is 11.5 Å². The summed E-state index contributed by atoms with van der Waals surface area (Å²) in [5.74, 6) is 1.62. The van der Waals surface area contributed by atoms with Gasteiger partial charge in [0.25, 0.3) is 0 Å². The second kappa shape index (κ2) is 10.5. The van der Waals surface area contributed by atoms with Crippen molar-refractivity contribution in [2.75, 3.05) is 13.7 Å². The Labute approximate surface area is 159 Å². The molecule has 1 N–H and O–H groups in total. The minimum Gasteiger partial charge on any atom is -0.493 e. The molecule has 0 heterocycles. The highest BCUT2D eigenvalue weighted by Gasteiger charge is 2.13. The molecule has 0 saturated heterocycles. The lowest BCUT2D eigenvalue weighted by Gasteiger charge is -2.18. The Kier molecular flexibility index (Phi) is 8.29. The number of nitrogens with one attached hydrogen (secondary N) is 1. The van der Waals surface area contributed by atoms with Crippen LogP contribution in [0, 0.1) is 0 Å². The van der Waals surface area contributed by atoms with Gasteiger partial charge in [0, 0.05) is 22.6 Å². The number of ether oxygens (including phenoxy) is 2. The summed E-state index contributed by atoms with van der Waals surface area (Å²) in [7, 11) is 1.68. The van der Waals surface area contributed by atoms with Gasteiger partial charge in [0.05, 0.1) is 13.7 Å². The van der Waals surface area contributed by atoms with Crippen LogP contribution in [-0.2, 0) is 13.0 Å². The Bertz CT molecular complexity index is 646. The van der Waals surface area contributed by atoms with E-state index in [1.165, 1.54) is 5.56 Å². The Balaban J connectivity index is 1.97. The van der Waals surface area contributed by atoms with Gasteiger partial charge in [0.2, 0.25) is 0 Å². The van der Waals surface area contributed by atoms with Gasteiger partial charge in [-0.3, -0.25) is 0 Å². The fraction of sp³-hybridized carbons (Fsp3) is 0.429. The molecule has 0 aliphatic rings. The molecule has 2 aromatic rings. The molecule has 1 unspecified atom stereocenters. The summed E-state index contributed by atoms with van der Waals surface area (Å²) < 4.78 is 12.4. The fourth-order valence-electron chi connectivity index (χ4n) is 2.69. The molecule has 0 bridgehead atoms. The highest BCUT2D eigenvalue weighted by molar-refractivity contribution is 9.10. The second-order valence-electron chi connectivity index (χ2n) is 6.25. The van der Waals surface area contributed by atoms with Gasteiger partial charge in [-0.25, -0.2) is 0 Å². The van der Waals surface area contributed by atoms with Crippen LogP contribution in [0.25, 0.3) is 0 Å². The maximum absolute atomic E-state index is 5.94. The van der Waals surface area contributed by atoms with E-state index < -0.39 is 0 Å². The third kappa shape index (κ3) is 6.37. The summed E-state index contributed by atoms with van der Waals surface area (Å²) in [6.07, 6.45) is 3.15. The zero-order valence-corrected chi connectivity index (χ0v) is 16.9. The first-order valence-electron chi connectivity index (χ1n) is 8.90. The molecule has 2 rings (SSSR count). The number of rotatable bonds is 10. The van der Waals surface area contributed by atoms with E-state index in [4.69, 9.17) is 9.47 Å². The highest BCUT2D eigenvalue weighted by Crippen LogP contribution is 2.35. The van der Waals surface area contributed by atoms with E-state index in [1.807, 2.05) is 6.07 Å². The molecular weight excluding hydrogens is 378 g/mol. The first kappa shape index (κ1) is 19.8. The van der Waals surface area contributed by atoms with Crippen molar-refractivity contribution in [3.63, 3.8) is 0 Å². The summed E-state index contributed by atoms with van der Waals surface area (Å²) >= 11 is 3.56. The van der Waals surface area contributed by atoms with E-state index in [9.17, 15) is 0 Å². The molecule has 25 heavy (non-hydrogen) atoms. The molecule has 0 amide bonds. The normalized spacial score (nSPS) is 12.0. The van der Waals surface area contributed by atoms with E-state index in [-0.39, 0.29) is 0 Å². The number of aryl methyl sites for hydroxylation is 1. The van der Waals surface area contributed by atoms with Crippen molar-refractivity contribution in [1.82, 2.24) is 5.32 Å². The third-order valence-corrected chi connectivity index (χ3v) is 4.57. The van der Waals surface area contributed by atoms with Crippen LogP contribution < -0.4 is 14.8 Å². The number of halogens is 1. The molecular formula is C21H28BrNO2. The molecule has 0 aliphatic heterocycles. The smallest absolute Gasteiger partial charge is 0.165 e. The van der Waals surface area contributed by atoms with Gasteiger partial charge >= 0.3 is 0 Å². The Morgan fingerprint density at radius 3 is 2.60 bits per heavy atom. The van der Waals surface area contributed by atoms with Gasteiger partial charge in [-0.2, -0.15) is 0 Å². The summed E-state index contributed by atoms with van der Waals surface area (Å²) in [6.45, 7) is 5.78. The molecule has 0 radical (unpaired) electrons. The van der Waals surface area contributed by atoms with Gasteiger partial charge < -0.3 is 14.8 Å². The third-order valence-electron chi connectivity index (χ3n) is 4.12. The molecule has 2 aromatic carbocycles. The second-order valence-corrected chi connectivity index (χ2v) is 7.17. The molecule has 0 saturated carbocycles. The Hall–Kier alpha value is -1.52. The van der Waals surface area contributed by atoms with Gasteiger partial charge in [-0.05, 0) is 43.9 Å². The minimum absolute atomic E-state index is 0.421. The van der Waals surface area contributed by atoms with Crippen LogP contribution in [0.15, 0.2) is 46.9 Å². The van der Waals surface area contributed by atoms with Crippen LogP contribution >= 0.6 is 15.9 Å². The number of benzene rings is 2. The molecule has 3 nitrogen and oxygen atoms in total. The van der Waals surface area contributed by atoms with E-state index in [1.54, 1.807) is 7.11 Å². The number of hydrogen-bond acceptors (Lipinski definition) is 3. The van der Waals surface area contributed by atoms with Crippen molar-refractivity contribution in [2.45, 2.75) is 45.7 Å². The summed E-state index contributed by atoms with van der Waals surface area (Å²) in [5, 5.41) is 3.61. The molecule has 0 spiro atoms. The molecule has 4 heteroatoms. The van der Waals surface area contributed by atoms with E-state index in [2.05, 4.69) is 71.5 Å². The lowest BCUT2D eigenvalue weighted by molar-refractivity contribution is 0.289. The quantitative estimate of drug-likeness (QED) is 0.577. The van der Waals surface area contributed by atoms with Crippen molar-refractivity contribution < 1.29 is 9.47 Å². The maximum atomic E-state index is 5.94. The van der Waals surface area contributed by atoms with Gasteiger partial charge in [-0.1, -0.05) is 53.2 Å². The van der Waals surface area contributed by atoms with Crippen molar-refractivity contribution in [1.29, 1.82) is 0 Å². The standard InChI is InChI=1S/C21H28BrNO2/c1-4-12-25-21-18(13-19(22)14-20(21)24-3)15-23-16(2)10-11-17-8-6-5-7-9-17/h5-9,13-14,16,23H,4,10-12,15H2,1-3H3. The zero-order valence-electron chi connectivity index (χ0n) is 15.3. The maximum Gasteiger partial charge on any atom is 0.165 e. The van der Waals surface area contributed by atoms with Crippen LogP contribution in [-0.4, -0.2) is 19.8 Å². The summed E-state index contributed by atoms with van der Waals surface area (Å²) in [5.41, 5.74) is 2.50. The predicted molar refractivity (Wildman–Crippen MR) is 108 cm³/mol. The largest absolute Gasteiger partial charge is 0.493 e. The van der Waals surface area contributed by atoms with Crippen LogP contribution in [0.4, 0.5) is 0 Å². The number of hydrogen-bond donors (Lipinski definition) is 1. The van der Waals surface area contributed by atoms with Crippen LogP contribution in [0.1, 0.15) is 37.8 Å². The number of methoxy groups -OCH3 is 1. The first-order valence-corrected chi connectivity index (χ1v) is 9.69. The van der Waals surface area contributed by atoms with Crippen molar-refractivity contribution in [3.05, 3.63) is 58.1 Å². The molecule has 136 valence electrons. The van der Waals surface area contributed by atoms with Crippen molar-refractivity contribution in [3.8, 4) is 11.5 Å². The van der Waals surface area contributed by atoms with E-state index in [0.29, 0.717) is 12.6 Å². The Morgan fingerprint density at radius 1 is 1.16 bits per heavy atom. The lowest BCUT2D eigenvalue weighted by atomic mass is 10.1. The minimum atomic E-state index is 0.421. The van der Waals surface area contributed by atoms with Crippen molar-refractivity contribution >= 4 is 15.9 Å².